The molecule has 0 aliphatic heterocycles. The Morgan fingerprint density at radius 3 is 1.25 bits per heavy atom. The molecule has 0 bridgehead atoms. The van der Waals surface area contributed by atoms with E-state index in [1.807, 2.05) is 0 Å². The Labute approximate surface area is 152 Å². The fourth-order valence-corrected chi connectivity index (χ4v) is 7.62. The second-order valence-electron chi connectivity index (χ2n) is 6.95. The second-order valence-corrected chi connectivity index (χ2v) is 10.6. The summed E-state index contributed by atoms with van der Waals surface area (Å²) in [6, 6.07) is 25.9. The van der Waals surface area contributed by atoms with Crippen molar-refractivity contribution in [2.45, 2.75) is 51.9 Å². The molecule has 2 nitrogen and oxygen atoms in total. The van der Waals surface area contributed by atoms with E-state index in [2.05, 4.69) is 97.5 Å². The van der Waals surface area contributed by atoms with Crippen LogP contribution in [-0.2, 0) is 0 Å². The van der Waals surface area contributed by atoms with Gasteiger partial charge < -0.3 is 9.13 Å². The number of benzene rings is 2. The predicted molar refractivity (Wildman–Crippen MR) is 115 cm³/mol. The van der Waals surface area contributed by atoms with Crippen LogP contribution in [0.5, 0.6) is 0 Å². The molecular formula is C20H32N2Si2. The summed E-state index contributed by atoms with van der Waals surface area (Å²) >= 11 is 0. The zero-order valence-electron chi connectivity index (χ0n) is 15.7. The molecule has 2 rings (SSSR count). The first-order valence-electron chi connectivity index (χ1n) is 9.23. The van der Waals surface area contributed by atoms with Crippen LogP contribution < -0.4 is 9.13 Å². The molecular weight excluding hydrogens is 324 g/mol. The van der Waals surface area contributed by atoms with Crippen molar-refractivity contribution in [2.24, 2.45) is 0 Å². The Hall–Kier alpha value is -1.53. The third-order valence-electron chi connectivity index (χ3n) is 4.47. The van der Waals surface area contributed by atoms with Gasteiger partial charge in [-0.05, 0) is 64.0 Å². The van der Waals surface area contributed by atoms with Gasteiger partial charge in [-0.2, -0.15) is 0 Å². The second kappa shape index (κ2) is 9.69. The summed E-state index contributed by atoms with van der Waals surface area (Å²) in [5.41, 5.74) is 2.81. The highest BCUT2D eigenvalue weighted by atomic mass is 28.2. The predicted octanol–water partition coefficient (Wildman–Crippen LogP) is 3.82. The van der Waals surface area contributed by atoms with E-state index in [0.717, 1.165) is 0 Å². The van der Waals surface area contributed by atoms with Crippen LogP contribution in [0.4, 0.5) is 11.4 Å². The molecule has 0 fully saturated rings. The Bertz CT molecular complexity index is 519. The number of anilines is 2. The fourth-order valence-electron chi connectivity index (χ4n) is 3.17. The van der Waals surface area contributed by atoms with Gasteiger partial charge in [-0.25, -0.2) is 0 Å². The number of rotatable bonds is 9. The van der Waals surface area contributed by atoms with Gasteiger partial charge >= 0.3 is 0 Å². The number of para-hydroxylation sites is 2. The van der Waals surface area contributed by atoms with Crippen molar-refractivity contribution in [1.29, 1.82) is 0 Å². The van der Waals surface area contributed by atoms with E-state index in [0.29, 0.717) is 12.1 Å². The van der Waals surface area contributed by atoms with Crippen molar-refractivity contribution in [2.75, 3.05) is 9.13 Å². The number of hydrogen-bond donors (Lipinski definition) is 0. The van der Waals surface area contributed by atoms with Crippen LogP contribution in [0.25, 0.3) is 0 Å². The molecule has 0 saturated heterocycles. The first-order chi connectivity index (χ1) is 11.6. The monoisotopic (exact) mass is 356 g/mol. The van der Waals surface area contributed by atoms with Gasteiger partial charge in [0.25, 0.3) is 0 Å². The molecule has 0 amide bonds. The fraction of sp³-hybridized carbons (Fsp3) is 0.400. The van der Waals surface area contributed by atoms with E-state index >= 15 is 0 Å². The molecule has 0 aliphatic rings. The highest BCUT2D eigenvalue weighted by Crippen LogP contribution is 2.18. The van der Waals surface area contributed by atoms with Crippen LogP contribution >= 0.6 is 0 Å². The number of nitrogens with zero attached hydrogens (tertiary/aromatic N) is 2. The Morgan fingerprint density at radius 2 is 0.958 bits per heavy atom. The van der Waals surface area contributed by atoms with Gasteiger partial charge in [0.05, 0.1) is 0 Å². The van der Waals surface area contributed by atoms with Gasteiger partial charge in [0.2, 0.25) is 0 Å². The van der Waals surface area contributed by atoms with Crippen LogP contribution in [0.3, 0.4) is 0 Å². The molecule has 0 aliphatic carbocycles. The normalized spacial score (nSPS) is 12.1. The van der Waals surface area contributed by atoms with Crippen LogP contribution in [0.1, 0.15) is 27.7 Å². The molecule has 2 aromatic carbocycles. The SMILES string of the molecule is CC(C)N([SiH2]CC[SiH2]N(c1ccccc1)C(C)C)c1ccccc1. The van der Waals surface area contributed by atoms with Gasteiger partial charge in [0.1, 0.15) is 19.4 Å². The summed E-state index contributed by atoms with van der Waals surface area (Å²) in [5.74, 6) is 0. The number of hydrogen-bond acceptors (Lipinski definition) is 2. The lowest BCUT2D eigenvalue weighted by atomic mass is 10.3. The molecule has 2 aromatic rings. The lowest BCUT2D eigenvalue weighted by Crippen LogP contribution is -2.37. The third-order valence-corrected chi connectivity index (χ3v) is 10.3. The average Bonchev–Trinajstić information content (AvgIpc) is 2.59. The summed E-state index contributed by atoms with van der Waals surface area (Å²) in [6.45, 7) is 9.28. The minimum atomic E-state index is -0.226. The molecule has 24 heavy (non-hydrogen) atoms. The van der Waals surface area contributed by atoms with Gasteiger partial charge in [0, 0.05) is 23.5 Å². The van der Waals surface area contributed by atoms with Crippen LogP contribution in [0.15, 0.2) is 60.7 Å². The Kier molecular flexibility index (Phi) is 7.60. The third kappa shape index (κ3) is 5.53. The largest absolute Gasteiger partial charge is 0.401 e. The minimum absolute atomic E-state index is 0.226. The van der Waals surface area contributed by atoms with Crippen molar-refractivity contribution >= 4 is 30.7 Å². The van der Waals surface area contributed by atoms with E-state index in [9.17, 15) is 0 Å². The quantitative estimate of drug-likeness (QED) is 0.498. The molecule has 0 spiro atoms. The molecule has 0 unspecified atom stereocenters. The van der Waals surface area contributed by atoms with Crippen LogP contribution in [0.2, 0.25) is 12.1 Å². The first-order valence-corrected chi connectivity index (χ1v) is 12.5. The van der Waals surface area contributed by atoms with Crippen molar-refractivity contribution < 1.29 is 0 Å². The molecule has 130 valence electrons. The Morgan fingerprint density at radius 1 is 0.625 bits per heavy atom. The van der Waals surface area contributed by atoms with Crippen molar-refractivity contribution in [3.63, 3.8) is 0 Å². The highest BCUT2D eigenvalue weighted by molar-refractivity contribution is 6.47. The van der Waals surface area contributed by atoms with Crippen molar-refractivity contribution in [3.05, 3.63) is 60.7 Å². The highest BCUT2D eigenvalue weighted by Gasteiger charge is 2.13. The summed E-state index contributed by atoms with van der Waals surface area (Å²) in [4.78, 5) is 0. The maximum Gasteiger partial charge on any atom is 0.124 e. The van der Waals surface area contributed by atoms with E-state index in [1.54, 1.807) is 0 Å². The molecule has 0 N–H and O–H groups in total. The average molecular weight is 357 g/mol. The summed E-state index contributed by atoms with van der Waals surface area (Å²) in [6.07, 6.45) is 0. The van der Waals surface area contributed by atoms with Crippen LogP contribution in [-0.4, -0.2) is 31.4 Å². The van der Waals surface area contributed by atoms with Crippen molar-refractivity contribution in [3.8, 4) is 0 Å². The lowest BCUT2D eigenvalue weighted by molar-refractivity contribution is 0.815. The van der Waals surface area contributed by atoms with Gasteiger partial charge in [-0.1, -0.05) is 36.4 Å². The van der Waals surface area contributed by atoms with Gasteiger partial charge in [-0.15, -0.1) is 0 Å². The summed E-state index contributed by atoms with van der Waals surface area (Å²) in [7, 11) is -0.453. The molecule has 0 aromatic heterocycles. The summed E-state index contributed by atoms with van der Waals surface area (Å²) < 4.78 is 5.33. The maximum atomic E-state index is 2.66. The van der Waals surface area contributed by atoms with E-state index < -0.39 is 0 Å². The minimum Gasteiger partial charge on any atom is -0.401 e. The standard InChI is InChI=1S/C20H32N2Si2/c1-17(2)21(19-11-7-5-8-12-19)23-15-16-24-22(18(3)4)20-13-9-6-10-14-20/h5-14,17-18H,15-16,23-24H2,1-4H3. The summed E-state index contributed by atoms with van der Waals surface area (Å²) in [5, 5.41) is 0. The molecule has 0 atom stereocenters. The molecule has 0 saturated carbocycles. The first kappa shape index (κ1) is 18.8. The molecule has 0 radical (unpaired) electrons. The van der Waals surface area contributed by atoms with E-state index in [4.69, 9.17) is 0 Å². The lowest BCUT2D eigenvalue weighted by Gasteiger charge is -2.31. The van der Waals surface area contributed by atoms with Crippen molar-refractivity contribution in [1.82, 2.24) is 0 Å². The zero-order chi connectivity index (χ0) is 17.4. The molecule has 0 heterocycles. The van der Waals surface area contributed by atoms with E-state index in [1.165, 1.54) is 23.5 Å². The smallest absolute Gasteiger partial charge is 0.124 e. The topological polar surface area (TPSA) is 6.48 Å². The van der Waals surface area contributed by atoms with Crippen LogP contribution in [0, 0.1) is 0 Å². The zero-order valence-corrected chi connectivity index (χ0v) is 18.5. The maximum absolute atomic E-state index is 2.66. The van der Waals surface area contributed by atoms with Gasteiger partial charge in [0.15, 0.2) is 0 Å². The molecule has 4 heteroatoms. The van der Waals surface area contributed by atoms with Gasteiger partial charge in [-0.3, -0.25) is 0 Å². The van der Waals surface area contributed by atoms with E-state index in [-0.39, 0.29) is 19.4 Å². The Balaban J connectivity index is 1.88.